The standard InChI is InChI=1S/C11H15BrN4O/c12-9-6-10(8-14-7-9)15-2-1-3-16(5-4-15)11(13)17/h6-8H,1-5H2,(H2,13,17). The van der Waals surface area contributed by atoms with Gasteiger partial charge in [-0.2, -0.15) is 0 Å². The fourth-order valence-electron chi connectivity index (χ4n) is 1.97. The van der Waals surface area contributed by atoms with Crippen LogP contribution >= 0.6 is 15.9 Å². The molecule has 0 bridgehead atoms. The van der Waals surface area contributed by atoms with Gasteiger partial charge >= 0.3 is 6.03 Å². The summed E-state index contributed by atoms with van der Waals surface area (Å²) in [5, 5.41) is 0. The first-order chi connectivity index (χ1) is 8.16. The van der Waals surface area contributed by atoms with Gasteiger partial charge in [-0.05, 0) is 28.4 Å². The number of carbonyl (C=O) groups is 1. The second-order valence-corrected chi connectivity index (χ2v) is 4.94. The number of anilines is 1. The summed E-state index contributed by atoms with van der Waals surface area (Å²) in [5.74, 6) is 0. The van der Waals surface area contributed by atoms with E-state index in [0.29, 0.717) is 6.54 Å². The molecule has 1 fully saturated rings. The molecule has 1 aliphatic heterocycles. The number of hydrogen-bond donors (Lipinski definition) is 1. The van der Waals surface area contributed by atoms with Gasteiger partial charge in [0, 0.05) is 36.8 Å². The molecule has 0 atom stereocenters. The van der Waals surface area contributed by atoms with E-state index in [9.17, 15) is 4.79 Å². The highest BCUT2D eigenvalue weighted by Gasteiger charge is 2.17. The first-order valence-corrected chi connectivity index (χ1v) is 6.36. The zero-order valence-electron chi connectivity index (χ0n) is 9.47. The Balaban J connectivity index is 2.06. The van der Waals surface area contributed by atoms with Crippen LogP contribution in [-0.4, -0.2) is 42.1 Å². The summed E-state index contributed by atoms with van der Waals surface area (Å²) < 4.78 is 0.964. The number of carbonyl (C=O) groups excluding carboxylic acids is 1. The molecule has 0 saturated carbocycles. The predicted octanol–water partition coefficient (Wildman–Crippen LogP) is 1.43. The molecule has 17 heavy (non-hydrogen) atoms. The van der Waals surface area contributed by atoms with Crippen molar-refractivity contribution < 1.29 is 4.79 Å². The van der Waals surface area contributed by atoms with Gasteiger partial charge in [-0.3, -0.25) is 4.98 Å². The summed E-state index contributed by atoms with van der Waals surface area (Å²) in [6, 6.07) is 1.70. The van der Waals surface area contributed by atoms with Crippen molar-refractivity contribution in [2.45, 2.75) is 6.42 Å². The van der Waals surface area contributed by atoms with Crippen molar-refractivity contribution in [1.29, 1.82) is 0 Å². The molecule has 2 N–H and O–H groups in total. The van der Waals surface area contributed by atoms with E-state index in [1.807, 2.05) is 12.3 Å². The minimum Gasteiger partial charge on any atom is -0.368 e. The third kappa shape index (κ3) is 3.09. The third-order valence-electron chi connectivity index (χ3n) is 2.86. The van der Waals surface area contributed by atoms with Crippen LogP contribution < -0.4 is 10.6 Å². The van der Waals surface area contributed by atoms with E-state index in [0.717, 1.165) is 36.2 Å². The first-order valence-electron chi connectivity index (χ1n) is 5.57. The van der Waals surface area contributed by atoms with Gasteiger partial charge in [0.15, 0.2) is 0 Å². The van der Waals surface area contributed by atoms with Crippen LogP contribution in [0.15, 0.2) is 22.9 Å². The van der Waals surface area contributed by atoms with Crippen LogP contribution in [0.4, 0.5) is 10.5 Å². The van der Waals surface area contributed by atoms with Crippen molar-refractivity contribution in [3.63, 3.8) is 0 Å². The molecular formula is C11H15BrN4O. The van der Waals surface area contributed by atoms with E-state index >= 15 is 0 Å². The summed E-state index contributed by atoms with van der Waals surface area (Å²) in [6.07, 6.45) is 4.52. The number of pyridine rings is 1. The number of rotatable bonds is 1. The van der Waals surface area contributed by atoms with Crippen LogP contribution in [0.5, 0.6) is 0 Å². The van der Waals surface area contributed by atoms with E-state index in [2.05, 4.69) is 25.8 Å². The molecule has 1 aromatic rings. The van der Waals surface area contributed by atoms with Crippen LogP contribution in [-0.2, 0) is 0 Å². The first kappa shape index (κ1) is 12.2. The minimum atomic E-state index is -0.334. The number of nitrogens with two attached hydrogens (primary N) is 1. The summed E-state index contributed by atoms with van der Waals surface area (Å²) in [6.45, 7) is 3.11. The topological polar surface area (TPSA) is 62.5 Å². The van der Waals surface area contributed by atoms with Crippen molar-refractivity contribution >= 4 is 27.6 Å². The van der Waals surface area contributed by atoms with Crippen LogP contribution in [0.3, 0.4) is 0 Å². The van der Waals surface area contributed by atoms with E-state index in [4.69, 9.17) is 5.73 Å². The summed E-state index contributed by atoms with van der Waals surface area (Å²) in [5.41, 5.74) is 6.37. The Kier molecular flexibility index (Phi) is 3.83. The van der Waals surface area contributed by atoms with Crippen molar-refractivity contribution in [3.8, 4) is 0 Å². The normalized spacial score (nSPS) is 16.8. The predicted molar refractivity (Wildman–Crippen MR) is 69.9 cm³/mol. The maximum Gasteiger partial charge on any atom is 0.314 e. The third-order valence-corrected chi connectivity index (χ3v) is 3.30. The number of nitrogens with zero attached hydrogens (tertiary/aromatic N) is 3. The van der Waals surface area contributed by atoms with Gasteiger partial charge in [-0.25, -0.2) is 4.79 Å². The fourth-order valence-corrected chi connectivity index (χ4v) is 2.32. The lowest BCUT2D eigenvalue weighted by Crippen LogP contribution is -2.38. The molecule has 1 aromatic heterocycles. The fraction of sp³-hybridized carbons (Fsp3) is 0.455. The maximum atomic E-state index is 11.1. The number of halogens is 1. The highest BCUT2D eigenvalue weighted by molar-refractivity contribution is 9.10. The molecule has 0 aliphatic carbocycles. The lowest BCUT2D eigenvalue weighted by Gasteiger charge is -2.22. The van der Waals surface area contributed by atoms with Crippen molar-refractivity contribution in [2.24, 2.45) is 5.73 Å². The van der Waals surface area contributed by atoms with E-state index < -0.39 is 0 Å². The Morgan fingerprint density at radius 3 is 2.82 bits per heavy atom. The van der Waals surface area contributed by atoms with Crippen molar-refractivity contribution in [1.82, 2.24) is 9.88 Å². The Morgan fingerprint density at radius 2 is 2.12 bits per heavy atom. The number of urea groups is 1. The van der Waals surface area contributed by atoms with E-state index in [1.165, 1.54) is 0 Å². The number of primary amides is 1. The number of amides is 2. The smallest absolute Gasteiger partial charge is 0.314 e. The van der Waals surface area contributed by atoms with Crippen molar-refractivity contribution in [2.75, 3.05) is 31.1 Å². The zero-order valence-corrected chi connectivity index (χ0v) is 11.1. The van der Waals surface area contributed by atoms with Gasteiger partial charge in [0.05, 0.1) is 11.9 Å². The van der Waals surface area contributed by atoms with Gasteiger partial charge in [0.25, 0.3) is 0 Å². The molecule has 1 aliphatic rings. The quantitative estimate of drug-likeness (QED) is 0.853. The minimum absolute atomic E-state index is 0.334. The Morgan fingerprint density at radius 1 is 1.29 bits per heavy atom. The van der Waals surface area contributed by atoms with Crippen LogP contribution in [0.2, 0.25) is 0 Å². The van der Waals surface area contributed by atoms with Gasteiger partial charge in [-0.1, -0.05) is 0 Å². The highest BCUT2D eigenvalue weighted by atomic mass is 79.9. The molecule has 0 spiro atoms. The van der Waals surface area contributed by atoms with Crippen LogP contribution in [0, 0.1) is 0 Å². The van der Waals surface area contributed by atoms with E-state index in [1.54, 1.807) is 11.1 Å². The lowest BCUT2D eigenvalue weighted by molar-refractivity contribution is 0.211. The van der Waals surface area contributed by atoms with Gasteiger partial charge < -0.3 is 15.5 Å². The van der Waals surface area contributed by atoms with Crippen LogP contribution in [0.1, 0.15) is 6.42 Å². The molecule has 2 heterocycles. The largest absolute Gasteiger partial charge is 0.368 e. The molecule has 0 unspecified atom stereocenters. The average molecular weight is 299 g/mol. The summed E-state index contributed by atoms with van der Waals surface area (Å²) in [4.78, 5) is 19.2. The molecule has 6 heteroatoms. The Bertz CT molecular complexity index is 412. The molecule has 2 rings (SSSR count). The van der Waals surface area contributed by atoms with E-state index in [-0.39, 0.29) is 6.03 Å². The van der Waals surface area contributed by atoms with Crippen LogP contribution in [0.25, 0.3) is 0 Å². The molecule has 5 nitrogen and oxygen atoms in total. The maximum absolute atomic E-state index is 11.1. The summed E-state index contributed by atoms with van der Waals surface area (Å²) >= 11 is 3.41. The highest BCUT2D eigenvalue weighted by Crippen LogP contribution is 2.19. The summed E-state index contributed by atoms with van der Waals surface area (Å²) in [7, 11) is 0. The molecule has 0 radical (unpaired) electrons. The lowest BCUT2D eigenvalue weighted by atomic mass is 10.3. The van der Waals surface area contributed by atoms with Gasteiger partial charge in [-0.15, -0.1) is 0 Å². The second kappa shape index (κ2) is 5.35. The van der Waals surface area contributed by atoms with Gasteiger partial charge in [0.2, 0.25) is 0 Å². The Hall–Kier alpha value is -1.30. The molecule has 0 aromatic carbocycles. The second-order valence-electron chi connectivity index (χ2n) is 4.03. The number of hydrogen-bond acceptors (Lipinski definition) is 3. The monoisotopic (exact) mass is 298 g/mol. The average Bonchev–Trinajstić information content (AvgIpc) is 2.54. The Labute approximate surface area is 109 Å². The van der Waals surface area contributed by atoms with Crippen molar-refractivity contribution in [3.05, 3.63) is 22.9 Å². The zero-order chi connectivity index (χ0) is 12.3. The molecule has 1 saturated heterocycles. The molecular weight excluding hydrogens is 284 g/mol. The molecule has 2 amide bonds. The number of aromatic nitrogens is 1. The van der Waals surface area contributed by atoms with Gasteiger partial charge in [0.1, 0.15) is 0 Å². The SMILES string of the molecule is NC(=O)N1CCCN(c2cncc(Br)c2)CC1. The molecule has 92 valence electrons.